The van der Waals surface area contributed by atoms with Crippen LogP contribution in [0.1, 0.15) is 10.5 Å². The molecule has 0 bridgehead atoms. The number of aromatic nitrogens is 3. The number of amides is 1. The van der Waals surface area contributed by atoms with E-state index in [2.05, 4.69) is 25.5 Å². The molecule has 0 saturated carbocycles. The molecule has 2 N–H and O–H groups in total. The fourth-order valence-corrected chi connectivity index (χ4v) is 0.539. The van der Waals surface area contributed by atoms with Gasteiger partial charge < -0.3 is 10.1 Å². The molecule has 0 aliphatic rings. The van der Waals surface area contributed by atoms with Crippen molar-refractivity contribution in [2.24, 2.45) is 0 Å². The molecule has 60 valence electrons. The summed E-state index contributed by atoms with van der Waals surface area (Å²) in [4.78, 5) is 11.0. The third-order valence-electron chi connectivity index (χ3n) is 1.02. The summed E-state index contributed by atoms with van der Waals surface area (Å²) in [5, 5.41) is 11.8. The summed E-state index contributed by atoms with van der Waals surface area (Å²) in [5.41, 5.74) is 0.252. The van der Waals surface area contributed by atoms with E-state index in [4.69, 9.17) is 0 Å². The number of H-pyrrole nitrogens is 1. The maximum Gasteiger partial charge on any atom is 0.275 e. The number of nitrogens with one attached hydrogen (secondary N) is 2. The summed E-state index contributed by atoms with van der Waals surface area (Å²) in [6.45, 7) is 0.172. The molecular weight excluding hydrogens is 148 g/mol. The van der Waals surface area contributed by atoms with Gasteiger partial charge in [0.25, 0.3) is 5.91 Å². The highest BCUT2D eigenvalue weighted by molar-refractivity contribution is 5.91. The van der Waals surface area contributed by atoms with Crippen molar-refractivity contribution in [1.82, 2.24) is 20.7 Å². The average Bonchev–Trinajstić information content (AvgIpc) is 2.52. The molecule has 1 amide bonds. The minimum Gasteiger partial charge on any atom is -0.364 e. The van der Waals surface area contributed by atoms with Gasteiger partial charge in [0.2, 0.25) is 0 Å². The number of carbonyl (C=O) groups is 1. The molecule has 1 aromatic rings. The highest BCUT2D eigenvalue weighted by Crippen LogP contribution is 1.86. The first-order valence-electron chi connectivity index (χ1n) is 2.97. The van der Waals surface area contributed by atoms with Crippen LogP contribution in [0.2, 0.25) is 0 Å². The van der Waals surface area contributed by atoms with Crippen molar-refractivity contribution < 1.29 is 9.53 Å². The summed E-state index contributed by atoms with van der Waals surface area (Å²) >= 11 is 0. The lowest BCUT2D eigenvalue weighted by Gasteiger charge is -1.98. The third kappa shape index (κ3) is 2.01. The van der Waals surface area contributed by atoms with Crippen LogP contribution in [0.4, 0.5) is 0 Å². The summed E-state index contributed by atoms with van der Waals surface area (Å²) in [6, 6.07) is 0. The number of hydrogen-bond acceptors (Lipinski definition) is 4. The van der Waals surface area contributed by atoms with Crippen LogP contribution in [-0.4, -0.2) is 35.2 Å². The van der Waals surface area contributed by atoms with Crippen molar-refractivity contribution >= 4 is 5.91 Å². The van der Waals surface area contributed by atoms with Crippen molar-refractivity contribution in [3.63, 3.8) is 0 Å². The molecule has 11 heavy (non-hydrogen) atoms. The Hall–Kier alpha value is -1.43. The fourth-order valence-electron chi connectivity index (χ4n) is 0.539. The zero-order valence-corrected chi connectivity index (χ0v) is 6.00. The van der Waals surface area contributed by atoms with Gasteiger partial charge in [-0.2, -0.15) is 15.4 Å². The molecule has 6 nitrogen and oxygen atoms in total. The summed E-state index contributed by atoms with van der Waals surface area (Å²) < 4.78 is 4.62. The molecule has 1 heterocycles. The van der Waals surface area contributed by atoms with E-state index in [1.807, 2.05) is 0 Å². The highest BCUT2D eigenvalue weighted by Gasteiger charge is 2.05. The van der Waals surface area contributed by atoms with E-state index in [1.165, 1.54) is 13.3 Å². The van der Waals surface area contributed by atoms with Gasteiger partial charge in [-0.25, -0.2) is 0 Å². The Balaban J connectivity index is 2.43. The lowest BCUT2D eigenvalue weighted by Crippen LogP contribution is -2.25. The SMILES string of the molecule is COCNC(=O)c1cn[nH]n1. The first-order chi connectivity index (χ1) is 5.34. The molecule has 1 rings (SSSR count). The van der Waals surface area contributed by atoms with Crippen molar-refractivity contribution in [1.29, 1.82) is 0 Å². The summed E-state index contributed by atoms with van der Waals surface area (Å²) in [6.07, 6.45) is 1.34. The number of hydrogen-bond donors (Lipinski definition) is 2. The molecular formula is C5H8N4O2. The number of rotatable bonds is 3. The van der Waals surface area contributed by atoms with Crippen molar-refractivity contribution in [3.05, 3.63) is 11.9 Å². The van der Waals surface area contributed by atoms with Crippen LogP contribution in [0.5, 0.6) is 0 Å². The largest absolute Gasteiger partial charge is 0.364 e. The van der Waals surface area contributed by atoms with Crippen molar-refractivity contribution in [3.8, 4) is 0 Å². The predicted molar refractivity (Wildman–Crippen MR) is 35.7 cm³/mol. The summed E-state index contributed by atoms with van der Waals surface area (Å²) in [7, 11) is 1.49. The van der Waals surface area contributed by atoms with Gasteiger partial charge >= 0.3 is 0 Å². The maximum absolute atomic E-state index is 11.0. The van der Waals surface area contributed by atoms with E-state index in [0.29, 0.717) is 0 Å². The fraction of sp³-hybridized carbons (Fsp3) is 0.400. The average molecular weight is 156 g/mol. The predicted octanol–water partition coefficient (Wildman–Crippen LogP) is -0.862. The Kier molecular flexibility index (Phi) is 2.56. The zero-order chi connectivity index (χ0) is 8.10. The standard InChI is InChI=1S/C5H8N4O2/c1-11-3-6-5(10)4-2-7-9-8-4/h2H,3H2,1H3,(H,6,10)(H,7,8,9). The molecule has 0 fully saturated rings. The van der Waals surface area contributed by atoms with Crippen LogP contribution in [-0.2, 0) is 4.74 Å². The third-order valence-corrected chi connectivity index (χ3v) is 1.02. The van der Waals surface area contributed by atoms with Gasteiger partial charge in [-0.3, -0.25) is 4.79 Å². The molecule has 0 atom stereocenters. The molecule has 0 aliphatic heterocycles. The van der Waals surface area contributed by atoms with E-state index in [-0.39, 0.29) is 18.3 Å². The summed E-state index contributed by atoms with van der Waals surface area (Å²) in [5.74, 6) is -0.305. The van der Waals surface area contributed by atoms with E-state index >= 15 is 0 Å². The Bertz CT molecular complexity index is 220. The second-order valence-corrected chi connectivity index (χ2v) is 1.79. The molecule has 0 aliphatic carbocycles. The van der Waals surface area contributed by atoms with Gasteiger partial charge in [0.1, 0.15) is 6.73 Å². The Morgan fingerprint density at radius 3 is 3.27 bits per heavy atom. The van der Waals surface area contributed by atoms with Crippen LogP contribution < -0.4 is 5.32 Å². The van der Waals surface area contributed by atoms with Crippen LogP contribution in [0.25, 0.3) is 0 Å². The lowest BCUT2D eigenvalue weighted by molar-refractivity contribution is 0.0867. The maximum atomic E-state index is 11.0. The van der Waals surface area contributed by atoms with Crippen LogP contribution in [0.3, 0.4) is 0 Å². The number of ether oxygens (including phenoxy) is 1. The minimum absolute atomic E-state index is 0.172. The van der Waals surface area contributed by atoms with Gasteiger partial charge in [-0.05, 0) is 0 Å². The number of carbonyl (C=O) groups excluding carboxylic acids is 1. The molecule has 0 spiro atoms. The lowest BCUT2D eigenvalue weighted by atomic mass is 10.4. The molecule has 6 heteroatoms. The smallest absolute Gasteiger partial charge is 0.275 e. The molecule has 0 radical (unpaired) electrons. The van der Waals surface area contributed by atoms with E-state index < -0.39 is 0 Å². The van der Waals surface area contributed by atoms with E-state index in [0.717, 1.165) is 0 Å². The van der Waals surface area contributed by atoms with Gasteiger partial charge in [-0.1, -0.05) is 0 Å². The van der Waals surface area contributed by atoms with Gasteiger partial charge in [0.15, 0.2) is 5.69 Å². The number of nitrogens with zero attached hydrogens (tertiary/aromatic N) is 2. The van der Waals surface area contributed by atoms with Crippen LogP contribution >= 0.6 is 0 Å². The van der Waals surface area contributed by atoms with Crippen LogP contribution in [0, 0.1) is 0 Å². The molecule has 0 saturated heterocycles. The van der Waals surface area contributed by atoms with Crippen molar-refractivity contribution in [2.45, 2.75) is 0 Å². The Morgan fingerprint density at radius 2 is 2.73 bits per heavy atom. The Morgan fingerprint density at radius 1 is 1.91 bits per heavy atom. The molecule has 0 aromatic carbocycles. The van der Waals surface area contributed by atoms with Gasteiger partial charge in [0, 0.05) is 7.11 Å². The number of methoxy groups -OCH3 is 1. The number of aromatic amines is 1. The first-order valence-corrected chi connectivity index (χ1v) is 2.97. The van der Waals surface area contributed by atoms with Crippen molar-refractivity contribution in [2.75, 3.05) is 13.8 Å². The first kappa shape index (κ1) is 7.67. The second kappa shape index (κ2) is 3.67. The quantitative estimate of drug-likeness (QED) is 0.558. The topological polar surface area (TPSA) is 79.9 Å². The van der Waals surface area contributed by atoms with E-state index in [1.54, 1.807) is 0 Å². The Labute approximate surface area is 62.9 Å². The van der Waals surface area contributed by atoms with Gasteiger partial charge in [-0.15, -0.1) is 0 Å². The van der Waals surface area contributed by atoms with Gasteiger partial charge in [0.05, 0.1) is 6.20 Å². The van der Waals surface area contributed by atoms with Crippen LogP contribution in [0.15, 0.2) is 6.20 Å². The molecule has 1 aromatic heterocycles. The second-order valence-electron chi connectivity index (χ2n) is 1.79. The normalized spacial score (nSPS) is 9.55. The highest BCUT2D eigenvalue weighted by atomic mass is 16.5. The van der Waals surface area contributed by atoms with E-state index in [9.17, 15) is 4.79 Å². The molecule has 0 unspecified atom stereocenters. The minimum atomic E-state index is -0.305. The monoisotopic (exact) mass is 156 g/mol. The zero-order valence-electron chi connectivity index (χ0n) is 6.00.